The molecule has 6 nitrogen and oxygen atoms in total. The molecule has 73 heavy (non-hydrogen) atoms. The lowest BCUT2D eigenvalue weighted by Gasteiger charge is -2.38. The Balaban J connectivity index is 0.872. The number of benzene rings is 8. The van der Waals surface area contributed by atoms with Crippen LogP contribution in [0.2, 0.25) is 10.0 Å². The lowest BCUT2D eigenvalue weighted by atomic mass is 9.76. The predicted octanol–water partition coefficient (Wildman–Crippen LogP) is 17.7. The van der Waals surface area contributed by atoms with Gasteiger partial charge in [0, 0.05) is 54.7 Å². The van der Waals surface area contributed by atoms with Gasteiger partial charge >= 0.3 is 0 Å². The predicted molar refractivity (Wildman–Crippen MR) is 299 cm³/mol. The highest BCUT2D eigenvalue weighted by Crippen LogP contribution is 2.61. The number of phenolic OH excluding ortho intramolecular Hbond substituents is 2. The van der Waals surface area contributed by atoms with E-state index in [1.54, 1.807) is 37.4 Å². The molecule has 11 rings (SSSR count). The molecule has 0 aromatic heterocycles. The average molecular weight is 1010 g/mol. The minimum absolute atomic E-state index is 0.135. The lowest BCUT2D eigenvalue weighted by Crippen LogP contribution is -2.35. The van der Waals surface area contributed by atoms with E-state index in [-0.39, 0.29) is 17.4 Å². The van der Waals surface area contributed by atoms with Crippen LogP contribution in [0.15, 0.2) is 152 Å². The van der Waals surface area contributed by atoms with Crippen molar-refractivity contribution in [2.75, 3.05) is 12.4 Å². The van der Waals surface area contributed by atoms with Crippen molar-refractivity contribution in [2.45, 2.75) is 89.1 Å². The number of hydrogen-bond donors (Lipinski definition) is 3. The van der Waals surface area contributed by atoms with Gasteiger partial charge in [-0.25, -0.2) is 0 Å². The third-order valence-electron chi connectivity index (χ3n) is 15.9. The van der Waals surface area contributed by atoms with Crippen molar-refractivity contribution >= 4 is 51.6 Å². The van der Waals surface area contributed by atoms with E-state index in [0.717, 1.165) is 78.0 Å². The molecule has 2 aliphatic carbocycles. The van der Waals surface area contributed by atoms with Gasteiger partial charge in [0.25, 0.3) is 5.91 Å². The number of rotatable bonds is 12. The fraction of sp³-hybridized carbons (Fsp3) is 0.246. The molecule has 0 unspecified atom stereocenters. The molecule has 368 valence electrons. The number of aromatic hydroxyl groups is 2. The third kappa shape index (κ3) is 8.83. The molecule has 1 fully saturated rings. The van der Waals surface area contributed by atoms with Crippen LogP contribution in [0.3, 0.4) is 0 Å². The molecule has 0 bridgehead atoms. The van der Waals surface area contributed by atoms with Crippen LogP contribution in [0.5, 0.6) is 23.0 Å². The summed E-state index contributed by atoms with van der Waals surface area (Å²) >= 11 is 14.2. The molecule has 3 aliphatic rings. The van der Waals surface area contributed by atoms with E-state index in [1.807, 2.05) is 72.8 Å². The number of nitrogens with one attached hydrogen (secondary N) is 1. The quantitative estimate of drug-likeness (QED) is 0.106. The fourth-order valence-electron chi connectivity index (χ4n) is 12.0. The number of halogens is 2. The highest BCUT2D eigenvalue weighted by Gasteiger charge is 2.45. The maximum atomic E-state index is 13.7. The Labute approximate surface area is 438 Å². The van der Waals surface area contributed by atoms with Gasteiger partial charge in [-0.05, 0) is 161 Å². The van der Waals surface area contributed by atoms with Crippen LogP contribution in [-0.2, 0) is 11.0 Å². The maximum absolute atomic E-state index is 13.7. The monoisotopic (exact) mass is 1000 g/mol. The number of anilines is 1. The van der Waals surface area contributed by atoms with Gasteiger partial charge in [-0.3, -0.25) is 4.79 Å². The van der Waals surface area contributed by atoms with Crippen LogP contribution in [0, 0.1) is 5.92 Å². The lowest BCUT2D eigenvalue weighted by molar-refractivity contribution is 0.102. The fourth-order valence-corrected chi connectivity index (χ4v) is 12.6. The smallest absolute Gasteiger partial charge is 0.255 e. The summed E-state index contributed by atoms with van der Waals surface area (Å²) in [6, 6.07) is 46.8. The van der Waals surface area contributed by atoms with E-state index in [9.17, 15) is 15.0 Å². The van der Waals surface area contributed by atoms with Crippen LogP contribution in [0.4, 0.5) is 5.69 Å². The summed E-state index contributed by atoms with van der Waals surface area (Å²) in [5.74, 6) is 2.95. The van der Waals surface area contributed by atoms with Crippen molar-refractivity contribution in [2.24, 2.45) is 5.92 Å². The van der Waals surface area contributed by atoms with Crippen molar-refractivity contribution in [1.82, 2.24) is 0 Å². The minimum atomic E-state index is -1.14. The molecule has 3 N–H and O–H groups in total. The Kier molecular flexibility index (Phi) is 12.9. The Morgan fingerprint density at radius 2 is 1.34 bits per heavy atom. The van der Waals surface area contributed by atoms with E-state index in [2.05, 4.69) is 80.7 Å². The molecule has 1 saturated carbocycles. The molecule has 1 aliphatic heterocycles. The van der Waals surface area contributed by atoms with Gasteiger partial charge in [0.2, 0.25) is 0 Å². The Hall–Kier alpha value is -6.99. The van der Waals surface area contributed by atoms with E-state index < -0.39 is 11.0 Å². The van der Waals surface area contributed by atoms with Gasteiger partial charge in [-0.2, -0.15) is 0 Å². The Bertz CT molecular complexity index is 3360. The normalized spacial score (nSPS) is 17.1. The van der Waals surface area contributed by atoms with E-state index >= 15 is 0 Å². The van der Waals surface area contributed by atoms with Gasteiger partial charge in [0.1, 0.15) is 23.0 Å². The van der Waals surface area contributed by atoms with Gasteiger partial charge in [-0.1, -0.05) is 149 Å². The zero-order valence-corrected chi connectivity index (χ0v) is 43.2. The number of phenols is 2. The molecule has 0 spiro atoms. The first-order chi connectivity index (χ1) is 35.3. The molecule has 8 aromatic carbocycles. The number of amides is 1. The molecule has 0 radical (unpaired) electrons. The number of hydrogen-bond acceptors (Lipinski definition) is 5. The van der Waals surface area contributed by atoms with Crippen molar-refractivity contribution in [3.63, 3.8) is 0 Å². The van der Waals surface area contributed by atoms with Crippen LogP contribution in [0.25, 0.3) is 50.2 Å². The molecular formula is C65H59Cl2NO5. The summed E-state index contributed by atoms with van der Waals surface area (Å²) in [4.78, 5) is 13.7. The molecule has 0 atom stereocenters. The second-order valence-corrected chi connectivity index (χ2v) is 21.6. The van der Waals surface area contributed by atoms with Crippen LogP contribution < -0.4 is 14.8 Å². The van der Waals surface area contributed by atoms with E-state index in [0.29, 0.717) is 33.0 Å². The average Bonchev–Trinajstić information content (AvgIpc) is 3.64. The summed E-state index contributed by atoms with van der Waals surface area (Å²) in [7, 11) is 1.68. The molecule has 8 aromatic rings. The van der Waals surface area contributed by atoms with Gasteiger partial charge < -0.3 is 25.0 Å². The van der Waals surface area contributed by atoms with Crippen molar-refractivity contribution in [3.8, 4) is 56.4 Å². The molecule has 8 heteroatoms. The zero-order valence-electron chi connectivity index (χ0n) is 41.7. The van der Waals surface area contributed by atoms with Crippen molar-refractivity contribution in [3.05, 3.63) is 201 Å². The van der Waals surface area contributed by atoms with Crippen LogP contribution >= 0.6 is 23.2 Å². The largest absolute Gasteiger partial charge is 0.508 e. The molecular weight excluding hydrogens is 946 g/mol. The number of fused-ring (bicyclic) bond motifs is 8. The highest BCUT2D eigenvalue weighted by molar-refractivity contribution is 6.40. The van der Waals surface area contributed by atoms with Crippen LogP contribution in [-0.4, -0.2) is 23.2 Å². The summed E-state index contributed by atoms with van der Waals surface area (Å²) in [6.45, 7) is 6.70. The Morgan fingerprint density at radius 1 is 0.726 bits per heavy atom. The number of ether oxygens (including phenoxy) is 2. The first kappa shape index (κ1) is 48.3. The second kappa shape index (κ2) is 19.5. The third-order valence-corrected chi connectivity index (χ3v) is 16.5. The second-order valence-electron chi connectivity index (χ2n) is 20.7. The maximum Gasteiger partial charge on any atom is 0.255 e. The SMILES string of the molecule is CCCCCC1CCC(c2ccc(-c3ccc(NC(=O)c4ccc(-c5cc6c(cc5OC)C(C)(C)c5c7c(c8cc(Cl)cc(Cl)c8c5-6)OC(c5ccc(O)cc5)(c5ccc(O)cc5)C=C7)cc4)cc3)cc2)CC1. The van der Waals surface area contributed by atoms with Crippen molar-refractivity contribution < 1.29 is 24.5 Å². The standard InChI is InChI=1S/C65H59Cl2NO5/c1-5-6-7-8-39-9-11-40(12-10-39)41-13-15-42(16-14-41)43-21-27-49(28-22-43)68-63(71)45-19-17-44(18-20-45)53-37-54-56(38-58(53)72-4)64(2,3)61-52-33-34-65(46-23-29-50(69)30-24-46,47-25-31-51(70)32-26-47)73-62(52)55-35-48(66)36-57(67)59(55)60(54)61/h13-40,69-70H,5-12H2,1-4H3,(H,68,71). The summed E-state index contributed by atoms with van der Waals surface area (Å²) in [6.07, 6.45) is 14.9. The molecule has 1 amide bonds. The van der Waals surface area contributed by atoms with Gasteiger partial charge in [0.05, 0.1) is 12.1 Å². The topological polar surface area (TPSA) is 88.0 Å². The molecule has 1 heterocycles. The summed E-state index contributed by atoms with van der Waals surface area (Å²) < 4.78 is 13.5. The highest BCUT2D eigenvalue weighted by atomic mass is 35.5. The number of unbranched alkanes of at least 4 members (excludes halogenated alkanes) is 2. The van der Waals surface area contributed by atoms with Crippen molar-refractivity contribution in [1.29, 1.82) is 0 Å². The number of carbonyl (C=O) groups excluding carboxylic acids is 1. The van der Waals surface area contributed by atoms with Gasteiger partial charge in [-0.15, -0.1) is 0 Å². The summed E-state index contributed by atoms with van der Waals surface area (Å²) in [5.41, 5.74) is 11.7. The minimum Gasteiger partial charge on any atom is -0.508 e. The van der Waals surface area contributed by atoms with Gasteiger partial charge in [0.15, 0.2) is 5.60 Å². The summed E-state index contributed by atoms with van der Waals surface area (Å²) in [5, 5.41) is 26.2. The molecule has 0 saturated heterocycles. The number of methoxy groups -OCH3 is 1. The first-order valence-corrected chi connectivity index (χ1v) is 26.4. The van der Waals surface area contributed by atoms with Crippen LogP contribution in [0.1, 0.15) is 122 Å². The zero-order chi connectivity index (χ0) is 50.6. The Morgan fingerprint density at radius 3 is 1.96 bits per heavy atom. The van der Waals surface area contributed by atoms with E-state index in [4.69, 9.17) is 32.7 Å². The first-order valence-electron chi connectivity index (χ1n) is 25.7. The number of carbonyl (C=O) groups is 1. The van der Waals surface area contributed by atoms with E-state index in [1.165, 1.54) is 62.5 Å².